The summed E-state index contributed by atoms with van der Waals surface area (Å²) in [7, 11) is 0. The maximum Gasteiger partial charge on any atom is 0.0497 e. The summed E-state index contributed by atoms with van der Waals surface area (Å²) in [5.74, 6) is 0.827. The fourth-order valence-electron chi connectivity index (χ4n) is 3.50. The summed E-state index contributed by atoms with van der Waals surface area (Å²) in [5, 5.41) is 6.16. The van der Waals surface area contributed by atoms with Crippen molar-refractivity contribution in [1.82, 2.24) is 10.3 Å². The van der Waals surface area contributed by atoms with Crippen LogP contribution in [0.3, 0.4) is 0 Å². The van der Waals surface area contributed by atoms with Gasteiger partial charge in [0.1, 0.15) is 0 Å². The van der Waals surface area contributed by atoms with Gasteiger partial charge in [-0.3, -0.25) is 0 Å². The first-order chi connectivity index (χ1) is 9.92. The molecule has 1 aliphatic heterocycles. The number of benzene rings is 2. The normalized spacial score (nSPS) is 17.0. The minimum Gasteiger partial charge on any atom is -0.354 e. The van der Waals surface area contributed by atoms with Crippen molar-refractivity contribution >= 4 is 21.8 Å². The van der Waals surface area contributed by atoms with Crippen LogP contribution >= 0.6 is 0 Å². The Kier molecular flexibility index (Phi) is 2.96. The van der Waals surface area contributed by atoms with E-state index in [0.717, 1.165) is 5.92 Å². The number of para-hydroxylation sites is 2. The second-order valence-electron chi connectivity index (χ2n) is 5.91. The highest BCUT2D eigenvalue weighted by molar-refractivity contribution is 6.08. The Labute approximate surface area is 119 Å². The molecule has 1 saturated heterocycles. The average molecular weight is 264 g/mol. The van der Waals surface area contributed by atoms with Crippen LogP contribution in [0.5, 0.6) is 0 Å². The second-order valence-corrected chi connectivity index (χ2v) is 5.91. The van der Waals surface area contributed by atoms with Gasteiger partial charge < -0.3 is 10.3 Å². The van der Waals surface area contributed by atoms with Crippen molar-refractivity contribution in [2.75, 3.05) is 13.1 Å². The van der Waals surface area contributed by atoms with Gasteiger partial charge in [0, 0.05) is 21.8 Å². The number of nitrogens with one attached hydrogen (secondary N) is 2. The van der Waals surface area contributed by atoms with Crippen molar-refractivity contribution in [1.29, 1.82) is 0 Å². The smallest absolute Gasteiger partial charge is 0.0497 e. The van der Waals surface area contributed by atoms with E-state index in [2.05, 4.69) is 52.8 Å². The predicted molar refractivity (Wildman–Crippen MR) is 85.1 cm³/mol. The molecule has 0 radical (unpaired) electrons. The number of H-pyrrole nitrogens is 1. The van der Waals surface area contributed by atoms with Crippen LogP contribution in [-0.4, -0.2) is 18.1 Å². The summed E-state index contributed by atoms with van der Waals surface area (Å²) < 4.78 is 0. The third-order valence-electron chi connectivity index (χ3n) is 4.59. The van der Waals surface area contributed by atoms with Crippen molar-refractivity contribution in [2.45, 2.75) is 19.3 Å². The lowest BCUT2D eigenvalue weighted by molar-refractivity contribution is 0.373. The molecule has 0 aliphatic carbocycles. The summed E-state index contributed by atoms with van der Waals surface area (Å²) in [6.07, 6.45) is 3.80. The van der Waals surface area contributed by atoms with Crippen molar-refractivity contribution in [3.05, 3.63) is 48.0 Å². The molecule has 0 atom stereocenters. The molecule has 1 aromatic heterocycles. The SMILES string of the molecule is c1ccc2c(c1)[nH]c1c(CC3CCNCC3)cccc12. The Morgan fingerprint density at radius 3 is 2.60 bits per heavy atom. The molecule has 2 nitrogen and oxygen atoms in total. The first kappa shape index (κ1) is 12.0. The standard InChI is InChI=1S/C18H20N2/c1-2-7-17-15(5-1)16-6-3-4-14(18(16)20-17)12-13-8-10-19-11-9-13/h1-7,13,19-20H,8-12H2. The number of aromatic nitrogens is 1. The van der Waals surface area contributed by atoms with Gasteiger partial charge in [-0.1, -0.05) is 36.4 Å². The van der Waals surface area contributed by atoms with Gasteiger partial charge in [0.05, 0.1) is 0 Å². The molecular weight excluding hydrogens is 244 g/mol. The summed E-state index contributed by atoms with van der Waals surface area (Å²) in [6.45, 7) is 2.35. The van der Waals surface area contributed by atoms with E-state index < -0.39 is 0 Å². The molecule has 1 fully saturated rings. The molecular formula is C18H20N2. The summed E-state index contributed by atoms with van der Waals surface area (Å²) in [5.41, 5.74) is 4.07. The Hall–Kier alpha value is -1.80. The Morgan fingerprint density at radius 1 is 0.900 bits per heavy atom. The largest absolute Gasteiger partial charge is 0.354 e. The van der Waals surface area contributed by atoms with Crippen LogP contribution in [0.4, 0.5) is 0 Å². The molecule has 102 valence electrons. The van der Waals surface area contributed by atoms with E-state index in [1.807, 2.05) is 0 Å². The van der Waals surface area contributed by atoms with Crippen LogP contribution in [0.1, 0.15) is 18.4 Å². The fraction of sp³-hybridized carbons (Fsp3) is 0.333. The zero-order chi connectivity index (χ0) is 13.4. The maximum absolute atomic E-state index is 3.62. The zero-order valence-corrected chi connectivity index (χ0v) is 11.7. The number of aromatic amines is 1. The van der Waals surface area contributed by atoms with E-state index >= 15 is 0 Å². The van der Waals surface area contributed by atoms with E-state index in [0.29, 0.717) is 0 Å². The van der Waals surface area contributed by atoms with E-state index in [9.17, 15) is 0 Å². The molecule has 2 heterocycles. The Bertz CT molecular complexity index is 735. The minimum atomic E-state index is 0.827. The van der Waals surface area contributed by atoms with Gasteiger partial charge in [-0.25, -0.2) is 0 Å². The van der Waals surface area contributed by atoms with Crippen LogP contribution in [0.2, 0.25) is 0 Å². The van der Waals surface area contributed by atoms with Crippen LogP contribution in [-0.2, 0) is 6.42 Å². The summed E-state index contributed by atoms with van der Waals surface area (Å²) >= 11 is 0. The first-order valence-electron chi connectivity index (χ1n) is 7.61. The molecule has 0 spiro atoms. The lowest BCUT2D eigenvalue weighted by atomic mass is 9.90. The number of rotatable bonds is 2. The van der Waals surface area contributed by atoms with Gasteiger partial charge in [-0.15, -0.1) is 0 Å². The predicted octanol–water partition coefficient (Wildman–Crippen LogP) is 3.86. The third-order valence-corrected chi connectivity index (χ3v) is 4.59. The average Bonchev–Trinajstić information content (AvgIpc) is 2.88. The number of piperidine rings is 1. The Balaban J connectivity index is 1.78. The van der Waals surface area contributed by atoms with E-state index in [4.69, 9.17) is 0 Å². The second kappa shape index (κ2) is 4.95. The highest BCUT2D eigenvalue weighted by atomic mass is 14.9. The molecule has 2 N–H and O–H groups in total. The van der Waals surface area contributed by atoms with Crippen LogP contribution in [0.15, 0.2) is 42.5 Å². The zero-order valence-electron chi connectivity index (χ0n) is 11.7. The molecule has 0 bridgehead atoms. The molecule has 20 heavy (non-hydrogen) atoms. The van der Waals surface area contributed by atoms with Crippen LogP contribution in [0, 0.1) is 5.92 Å². The van der Waals surface area contributed by atoms with Crippen LogP contribution < -0.4 is 5.32 Å². The van der Waals surface area contributed by atoms with Gasteiger partial charge in [-0.2, -0.15) is 0 Å². The number of hydrogen-bond acceptors (Lipinski definition) is 1. The van der Waals surface area contributed by atoms with Crippen LogP contribution in [0.25, 0.3) is 21.8 Å². The summed E-state index contributed by atoms with van der Waals surface area (Å²) in [4.78, 5) is 3.62. The van der Waals surface area contributed by atoms with Gasteiger partial charge in [-0.05, 0) is 49.9 Å². The maximum atomic E-state index is 3.62. The molecule has 2 heteroatoms. The van der Waals surface area contributed by atoms with Gasteiger partial charge >= 0.3 is 0 Å². The molecule has 1 aliphatic rings. The van der Waals surface area contributed by atoms with E-state index in [1.165, 1.54) is 59.7 Å². The van der Waals surface area contributed by atoms with E-state index in [-0.39, 0.29) is 0 Å². The Morgan fingerprint density at radius 2 is 1.70 bits per heavy atom. The fourth-order valence-corrected chi connectivity index (χ4v) is 3.50. The molecule has 4 rings (SSSR count). The quantitative estimate of drug-likeness (QED) is 0.722. The highest BCUT2D eigenvalue weighted by Crippen LogP contribution is 2.29. The van der Waals surface area contributed by atoms with Gasteiger partial charge in [0.15, 0.2) is 0 Å². The molecule has 0 amide bonds. The topological polar surface area (TPSA) is 27.8 Å². The molecule has 3 aromatic rings. The van der Waals surface area contributed by atoms with Gasteiger partial charge in [0.2, 0.25) is 0 Å². The van der Waals surface area contributed by atoms with Crippen molar-refractivity contribution in [3.63, 3.8) is 0 Å². The summed E-state index contributed by atoms with van der Waals surface area (Å²) in [6, 6.07) is 15.3. The highest BCUT2D eigenvalue weighted by Gasteiger charge is 2.15. The monoisotopic (exact) mass is 264 g/mol. The number of fused-ring (bicyclic) bond motifs is 3. The van der Waals surface area contributed by atoms with Crippen molar-refractivity contribution in [2.24, 2.45) is 5.92 Å². The number of hydrogen-bond donors (Lipinski definition) is 2. The molecule has 0 unspecified atom stereocenters. The molecule has 0 saturated carbocycles. The first-order valence-corrected chi connectivity index (χ1v) is 7.61. The van der Waals surface area contributed by atoms with Crippen molar-refractivity contribution < 1.29 is 0 Å². The lowest BCUT2D eigenvalue weighted by Crippen LogP contribution is -2.28. The van der Waals surface area contributed by atoms with Crippen molar-refractivity contribution in [3.8, 4) is 0 Å². The third kappa shape index (κ3) is 2.01. The van der Waals surface area contributed by atoms with E-state index in [1.54, 1.807) is 0 Å². The minimum absolute atomic E-state index is 0.827. The lowest BCUT2D eigenvalue weighted by Gasteiger charge is -2.22. The van der Waals surface area contributed by atoms with Gasteiger partial charge in [0.25, 0.3) is 0 Å². The molecule has 2 aromatic carbocycles.